The van der Waals surface area contributed by atoms with E-state index in [9.17, 15) is 4.39 Å². The molecule has 0 aliphatic heterocycles. The van der Waals surface area contributed by atoms with Gasteiger partial charge in [0.15, 0.2) is 0 Å². The molecular weight excluding hydrogens is 317 g/mol. The van der Waals surface area contributed by atoms with Gasteiger partial charge in [0, 0.05) is 16.9 Å². The van der Waals surface area contributed by atoms with Crippen LogP contribution in [0.4, 0.5) is 4.39 Å². The molecule has 3 heteroatoms. The summed E-state index contributed by atoms with van der Waals surface area (Å²) in [6, 6.07) is 13.3. The molecule has 0 aromatic heterocycles. The Hall–Kier alpha value is -1.19. The number of benzene rings is 2. The molecule has 0 radical (unpaired) electrons. The van der Waals surface area contributed by atoms with E-state index in [2.05, 4.69) is 46.4 Å². The maximum Gasteiger partial charge on any atom is 0.123 e. The standard InChI is InChI=1S/C17H19BrFN/c1-12-5-3-4-6-16(12)14(11-20-2)9-13-10-15(19)7-8-17(13)18/h3-8,10,14,20H,9,11H2,1-2H3. The maximum atomic E-state index is 13.4. The molecule has 0 saturated carbocycles. The van der Waals surface area contributed by atoms with Crippen molar-refractivity contribution in [3.63, 3.8) is 0 Å². The van der Waals surface area contributed by atoms with Gasteiger partial charge in [0.1, 0.15) is 5.82 Å². The fraction of sp³-hybridized carbons (Fsp3) is 0.294. The summed E-state index contributed by atoms with van der Waals surface area (Å²) in [4.78, 5) is 0. The predicted molar refractivity (Wildman–Crippen MR) is 85.7 cm³/mol. The second kappa shape index (κ2) is 7.00. The zero-order chi connectivity index (χ0) is 14.5. The topological polar surface area (TPSA) is 12.0 Å². The lowest BCUT2D eigenvalue weighted by Crippen LogP contribution is -2.20. The van der Waals surface area contributed by atoms with Crippen molar-refractivity contribution >= 4 is 15.9 Å². The first kappa shape index (κ1) is 15.2. The zero-order valence-corrected chi connectivity index (χ0v) is 13.4. The van der Waals surface area contributed by atoms with Crippen LogP contribution in [-0.2, 0) is 6.42 Å². The average molecular weight is 336 g/mol. The van der Waals surface area contributed by atoms with Gasteiger partial charge in [-0.25, -0.2) is 4.39 Å². The van der Waals surface area contributed by atoms with Gasteiger partial charge in [0.05, 0.1) is 0 Å². The lowest BCUT2D eigenvalue weighted by molar-refractivity contribution is 0.605. The number of hydrogen-bond acceptors (Lipinski definition) is 1. The van der Waals surface area contributed by atoms with Crippen molar-refractivity contribution in [2.45, 2.75) is 19.3 Å². The third-order valence-corrected chi connectivity index (χ3v) is 4.33. The van der Waals surface area contributed by atoms with Gasteiger partial charge in [-0.1, -0.05) is 40.2 Å². The van der Waals surface area contributed by atoms with Gasteiger partial charge < -0.3 is 5.32 Å². The monoisotopic (exact) mass is 335 g/mol. The Labute approximate surface area is 128 Å². The predicted octanol–water partition coefficient (Wildman–Crippen LogP) is 4.44. The molecule has 2 rings (SSSR count). The first-order valence-electron chi connectivity index (χ1n) is 6.76. The van der Waals surface area contributed by atoms with E-state index in [1.807, 2.05) is 13.1 Å². The molecule has 0 spiro atoms. The molecule has 0 heterocycles. The molecule has 0 saturated heterocycles. The van der Waals surface area contributed by atoms with Crippen molar-refractivity contribution in [1.29, 1.82) is 0 Å². The summed E-state index contributed by atoms with van der Waals surface area (Å²) >= 11 is 3.51. The zero-order valence-electron chi connectivity index (χ0n) is 11.8. The molecule has 106 valence electrons. The normalized spacial score (nSPS) is 12.4. The van der Waals surface area contributed by atoms with E-state index in [0.29, 0.717) is 5.92 Å². The summed E-state index contributed by atoms with van der Waals surface area (Å²) in [5.41, 5.74) is 3.60. The van der Waals surface area contributed by atoms with Crippen molar-refractivity contribution in [2.75, 3.05) is 13.6 Å². The van der Waals surface area contributed by atoms with Crippen LogP contribution in [0.1, 0.15) is 22.6 Å². The van der Waals surface area contributed by atoms with Crippen LogP contribution in [0.15, 0.2) is 46.9 Å². The quantitative estimate of drug-likeness (QED) is 0.851. The molecule has 1 unspecified atom stereocenters. The Morgan fingerprint density at radius 2 is 1.95 bits per heavy atom. The second-order valence-electron chi connectivity index (χ2n) is 5.05. The van der Waals surface area contributed by atoms with Crippen LogP contribution in [-0.4, -0.2) is 13.6 Å². The van der Waals surface area contributed by atoms with Crippen LogP contribution in [0.5, 0.6) is 0 Å². The molecule has 20 heavy (non-hydrogen) atoms. The molecule has 1 nitrogen and oxygen atoms in total. The fourth-order valence-corrected chi connectivity index (χ4v) is 2.96. The number of nitrogens with one attached hydrogen (secondary N) is 1. The molecular formula is C17H19BrFN. The van der Waals surface area contributed by atoms with Crippen molar-refractivity contribution in [3.8, 4) is 0 Å². The maximum absolute atomic E-state index is 13.4. The highest BCUT2D eigenvalue weighted by molar-refractivity contribution is 9.10. The molecule has 0 aliphatic carbocycles. The van der Waals surface area contributed by atoms with Crippen LogP contribution in [0.2, 0.25) is 0 Å². The summed E-state index contributed by atoms with van der Waals surface area (Å²) < 4.78 is 14.4. The smallest absolute Gasteiger partial charge is 0.123 e. The van der Waals surface area contributed by atoms with Gasteiger partial charge >= 0.3 is 0 Å². The van der Waals surface area contributed by atoms with Gasteiger partial charge in [0.2, 0.25) is 0 Å². The molecule has 1 atom stereocenters. The van der Waals surface area contributed by atoms with E-state index in [1.165, 1.54) is 17.2 Å². The van der Waals surface area contributed by atoms with Crippen molar-refractivity contribution in [3.05, 3.63) is 69.4 Å². The van der Waals surface area contributed by atoms with Gasteiger partial charge in [-0.15, -0.1) is 0 Å². The highest BCUT2D eigenvalue weighted by atomic mass is 79.9. The number of aryl methyl sites for hydroxylation is 1. The van der Waals surface area contributed by atoms with Gasteiger partial charge in [-0.3, -0.25) is 0 Å². The lowest BCUT2D eigenvalue weighted by Gasteiger charge is -2.20. The Bertz CT molecular complexity index is 583. The first-order chi connectivity index (χ1) is 9.61. The van der Waals surface area contributed by atoms with Crippen LogP contribution in [0, 0.1) is 12.7 Å². The summed E-state index contributed by atoms with van der Waals surface area (Å²) in [6.07, 6.45) is 0.810. The minimum absolute atomic E-state index is 0.184. The van der Waals surface area contributed by atoms with Crippen LogP contribution in [0.25, 0.3) is 0 Å². The van der Waals surface area contributed by atoms with E-state index in [-0.39, 0.29) is 5.82 Å². The highest BCUT2D eigenvalue weighted by Gasteiger charge is 2.15. The van der Waals surface area contributed by atoms with Crippen molar-refractivity contribution in [1.82, 2.24) is 5.32 Å². The summed E-state index contributed by atoms with van der Waals surface area (Å²) in [5, 5.41) is 3.24. The third kappa shape index (κ3) is 3.68. The van der Waals surface area contributed by atoms with Gasteiger partial charge in [-0.05, 0) is 55.3 Å². The Morgan fingerprint density at radius 1 is 1.20 bits per heavy atom. The third-order valence-electron chi connectivity index (χ3n) is 3.55. The van der Waals surface area contributed by atoms with E-state index >= 15 is 0 Å². The number of rotatable bonds is 5. The second-order valence-corrected chi connectivity index (χ2v) is 5.91. The first-order valence-corrected chi connectivity index (χ1v) is 7.55. The molecule has 2 aromatic carbocycles. The number of likely N-dealkylation sites (N-methyl/N-ethyl adjacent to an activating group) is 1. The summed E-state index contributed by atoms with van der Waals surface area (Å²) in [5.74, 6) is 0.149. The fourth-order valence-electron chi connectivity index (χ4n) is 2.55. The van der Waals surface area contributed by atoms with E-state index in [0.717, 1.165) is 23.0 Å². The molecule has 0 aliphatic rings. The largest absolute Gasteiger partial charge is 0.319 e. The molecule has 0 bridgehead atoms. The van der Waals surface area contributed by atoms with Crippen LogP contribution >= 0.6 is 15.9 Å². The van der Waals surface area contributed by atoms with E-state index in [1.54, 1.807) is 12.1 Å². The minimum Gasteiger partial charge on any atom is -0.319 e. The Kier molecular flexibility index (Phi) is 5.32. The molecule has 0 fully saturated rings. The SMILES string of the molecule is CNCC(Cc1cc(F)ccc1Br)c1ccccc1C. The van der Waals surface area contributed by atoms with E-state index in [4.69, 9.17) is 0 Å². The minimum atomic E-state index is -0.184. The lowest BCUT2D eigenvalue weighted by atomic mass is 9.89. The van der Waals surface area contributed by atoms with Crippen molar-refractivity contribution in [2.24, 2.45) is 0 Å². The van der Waals surface area contributed by atoms with E-state index < -0.39 is 0 Å². The van der Waals surface area contributed by atoms with Crippen molar-refractivity contribution < 1.29 is 4.39 Å². The number of hydrogen-bond donors (Lipinski definition) is 1. The summed E-state index contributed by atoms with van der Waals surface area (Å²) in [6.45, 7) is 2.99. The Balaban J connectivity index is 2.30. The highest BCUT2D eigenvalue weighted by Crippen LogP contribution is 2.27. The molecule has 1 N–H and O–H groups in total. The summed E-state index contributed by atoms with van der Waals surface area (Å²) in [7, 11) is 1.95. The Morgan fingerprint density at radius 3 is 2.65 bits per heavy atom. The molecule has 0 amide bonds. The number of halogens is 2. The molecule has 2 aromatic rings. The van der Waals surface area contributed by atoms with Gasteiger partial charge in [0.25, 0.3) is 0 Å². The van der Waals surface area contributed by atoms with Crippen LogP contribution in [0.3, 0.4) is 0 Å². The van der Waals surface area contributed by atoms with Gasteiger partial charge in [-0.2, -0.15) is 0 Å². The van der Waals surface area contributed by atoms with Crippen LogP contribution < -0.4 is 5.32 Å². The average Bonchev–Trinajstić information content (AvgIpc) is 2.43.